The summed E-state index contributed by atoms with van der Waals surface area (Å²) in [6, 6.07) is 10.0. The number of allylic oxidation sites excluding steroid dienone is 5. The van der Waals surface area contributed by atoms with Gasteiger partial charge in [-0.15, -0.1) is 0 Å². The maximum Gasteiger partial charge on any atom is 0.303 e. The summed E-state index contributed by atoms with van der Waals surface area (Å²) in [5.41, 5.74) is 2.17. The Balaban J connectivity index is 1.85. The van der Waals surface area contributed by atoms with Crippen LogP contribution in [0.5, 0.6) is 0 Å². The highest BCUT2D eigenvalue weighted by Gasteiger charge is 2.03. The highest BCUT2D eigenvalue weighted by molar-refractivity contribution is 5.67. The summed E-state index contributed by atoms with van der Waals surface area (Å²) in [6.07, 6.45) is 9.38. The number of benzene rings is 1. The highest BCUT2D eigenvalue weighted by atomic mass is 16.5. The fraction of sp³-hybridized carbons (Fsp3) is 0.235. The molecule has 0 aliphatic heterocycles. The minimum atomic E-state index is -0.767. The van der Waals surface area contributed by atoms with Gasteiger partial charge in [0.1, 0.15) is 12.4 Å². The molecular formula is C17H18O3. The molecule has 1 aliphatic rings. The topological polar surface area (TPSA) is 46.5 Å². The zero-order chi connectivity index (χ0) is 14.2. The van der Waals surface area contributed by atoms with Gasteiger partial charge in [-0.25, -0.2) is 0 Å². The lowest BCUT2D eigenvalue weighted by Crippen LogP contribution is -1.94. The number of rotatable bonds is 6. The molecule has 3 heteroatoms. The van der Waals surface area contributed by atoms with Crippen LogP contribution in [-0.4, -0.2) is 11.1 Å². The second-order valence-corrected chi connectivity index (χ2v) is 4.62. The molecule has 0 saturated heterocycles. The summed E-state index contributed by atoms with van der Waals surface area (Å²) in [5.74, 6) is 0.0625. The zero-order valence-corrected chi connectivity index (χ0v) is 11.3. The van der Waals surface area contributed by atoms with Gasteiger partial charge in [0, 0.05) is 6.42 Å². The Bertz CT molecular complexity index is 539. The van der Waals surface area contributed by atoms with E-state index in [9.17, 15) is 4.79 Å². The molecule has 0 aromatic heterocycles. The van der Waals surface area contributed by atoms with Gasteiger partial charge in [0.15, 0.2) is 0 Å². The highest BCUT2D eigenvalue weighted by Crippen LogP contribution is 2.16. The van der Waals surface area contributed by atoms with Crippen LogP contribution in [0.2, 0.25) is 0 Å². The first-order valence-corrected chi connectivity index (χ1v) is 6.70. The van der Waals surface area contributed by atoms with Crippen molar-refractivity contribution in [3.05, 3.63) is 71.5 Å². The van der Waals surface area contributed by atoms with Crippen molar-refractivity contribution in [1.82, 2.24) is 0 Å². The van der Waals surface area contributed by atoms with Crippen LogP contribution in [0.25, 0.3) is 0 Å². The SMILES string of the molecule is O=C(O)CCC1=CCC=C(OCc2ccccc2)C=C1. The van der Waals surface area contributed by atoms with Gasteiger partial charge in [-0.2, -0.15) is 0 Å². The Hall–Kier alpha value is -2.29. The van der Waals surface area contributed by atoms with Gasteiger partial charge in [0.2, 0.25) is 0 Å². The molecule has 0 atom stereocenters. The van der Waals surface area contributed by atoms with Crippen molar-refractivity contribution in [3.8, 4) is 0 Å². The number of hydrogen-bond donors (Lipinski definition) is 1. The van der Waals surface area contributed by atoms with Gasteiger partial charge in [-0.05, 0) is 30.6 Å². The molecule has 1 aromatic rings. The van der Waals surface area contributed by atoms with Gasteiger partial charge >= 0.3 is 5.97 Å². The molecule has 1 N–H and O–H groups in total. The van der Waals surface area contributed by atoms with Crippen molar-refractivity contribution in [2.75, 3.05) is 0 Å². The molecule has 104 valence electrons. The zero-order valence-electron chi connectivity index (χ0n) is 11.3. The van der Waals surface area contributed by atoms with Crippen molar-refractivity contribution in [3.63, 3.8) is 0 Å². The molecule has 0 spiro atoms. The molecule has 0 fully saturated rings. The third kappa shape index (κ3) is 4.76. The molecule has 0 unspecified atom stereocenters. The van der Waals surface area contributed by atoms with Crippen LogP contribution in [0.3, 0.4) is 0 Å². The van der Waals surface area contributed by atoms with Gasteiger partial charge in [-0.3, -0.25) is 4.79 Å². The van der Waals surface area contributed by atoms with E-state index in [-0.39, 0.29) is 6.42 Å². The molecule has 0 bridgehead atoms. The Labute approximate surface area is 118 Å². The molecule has 3 nitrogen and oxygen atoms in total. The van der Waals surface area contributed by atoms with E-state index < -0.39 is 5.97 Å². The maximum absolute atomic E-state index is 10.6. The van der Waals surface area contributed by atoms with Crippen LogP contribution in [-0.2, 0) is 16.1 Å². The quantitative estimate of drug-likeness (QED) is 0.854. The van der Waals surface area contributed by atoms with Crippen LogP contribution in [0.1, 0.15) is 24.8 Å². The minimum absolute atomic E-state index is 0.163. The summed E-state index contributed by atoms with van der Waals surface area (Å²) in [4.78, 5) is 10.6. The Morgan fingerprint density at radius 3 is 2.70 bits per heavy atom. The van der Waals surface area contributed by atoms with E-state index in [1.807, 2.05) is 54.6 Å². The normalized spacial score (nSPS) is 14.2. The lowest BCUT2D eigenvalue weighted by molar-refractivity contribution is -0.136. The second kappa shape index (κ2) is 7.34. The van der Waals surface area contributed by atoms with E-state index in [0.717, 1.165) is 23.3 Å². The van der Waals surface area contributed by atoms with Crippen molar-refractivity contribution in [2.24, 2.45) is 0 Å². The summed E-state index contributed by atoms with van der Waals surface area (Å²) >= 11 is 0. The summed E-state index contributed by atoms with van der Waals surface area (Å²) in [6.45, 7) is 0.543. The first kappa shape index (κ1) is 14.1. The summed E-state index contributed by atoms with van der Waals surface area (Å²) in [5, 5.41) is 8.69. The Morgan fingerprint density at radius 1 is 1.15 bits per heavy atom. The first-order chi connectivity index (χ1) is 9.74. The second-order valence-electron chi connectivity index (χ2n) is 4.62. The van der Waals surface area contributed by atoms with Gasteiger partial charge < -0.3 is 9.84 Å². The molecular weight excluding hydrogens is 252 g/mol. The molecule has 0 heterocycles. The van der Waals surface area contributed by atoms with Gasteiger partial charge in [0.25, 0.3) is 0 Å². The average Bonchev–Trinajstić information content (AvgIpc) is 2.69. The number of carbonyl (C=O) groups is 1. The van der Waals surface area contributed by atoms with Crippen molar-refractivity contribution in [1.29, 1.82) is 0 Å². The van der Waals surface area contributed by atoms with Crippen molar-refractivity contribution in [2.45, 2.75) is 25.9 Å². The third-order valence-corrected chi connectivity index (χ3v) is 3.04. The van der Waals surface area contributed by atoms with Crippen LogP contribution in [0.15, 0.2) is 66.0 Å². The van der Waals surface area contributed by atoms with E-state index in [0.29, 0.717) is 13.0 Å². The van der Waals surface area contributed by atoms with Crippen molar-refractivity contribution < 1.29 is 14.6 Å². The molecule has 2 rings (SSSR count). The first-order valence-electron chi connectivity index (χ1n) is 6.70. The maximum atomic E-state index is 10.6. The lowest BCUT2D eigenvalue weighted by atomic mass is 10.1. The molecule has 0 amide bonds. The minimum Gasteiger partial charge on any atom is -0.489 e. The molecule has 1 aromatic carbocycles. The predicted molar refractivity (Wildman–Crippen MR) is 78.0 cm³/mol. The number of carboxylic acids is 1. The van der Waals surface area contributed by atoms with E-state index >= 15 is 0 Å². The van der Waals surface area contributed by atoms with E-state index in [2.05, 4.69) is 0 Å². The molecule has 0 radical (unpaired) electrons. The molecule has 0 saturated carbocycles. The Kier molecular flexibility index (Phi) is 5.18. The number of hydrogen-bond acceptors (Lipinski definition) is 2. The van der Waals surface area contributed by atoms with Crippen LogP contribution < -0.4 is 0 Å². The Morgan fingerprint density at radius 2 is 1.95 bits per heavy atom. The summed E-state index contributed by atoms with van der Waals surface area (Å²) in [7, 11) is 0. The number of ether oxygens (including phenoxy) is 1. The van der Waals surface area contributed by atoms with Crippen LogP contribution in [0.4, 0.5) is 0 Å². The lowest BCUT2D eigenvalue weighted by Gasteiger charge is -2.06. The largest absolute Gasteiger partial charge is 0.489 e. The number of carboxylic acid groups (broad SMARTS) is 1. The number of aliphatic carboxylic acids is 1. The monoisotopic (exact) mass is 270 g/mol. The average molecular weight is 270 g/mol. The molecule has 1 aliphatic carbocycles. The van der Waals surface area contributed by atoms with Gasteiger partial charge in [-0.1, -0.05) is 48.1 Å². The third-order valence-electron chi connectivity index (χ3n) is 3.04. The van der Waals surface area contributed by atoms with Crippen LogP contribution >= 0.6 is 0 Å². The van der Waals surface area contributed by atoms with E-state index in [1.54, 1.807) is 0 Å². The predicted octanol–water partition coefficient (Wildman–Crippen LogP) is 3.84. The fourth-order valence-corrected chi connectivity index (χ4v) is 1.94. The van der Waals surface area contributed by atoms with E-state index in [1.165, 1.54) is 0 Å². The van der Waals surface area contributed by atoms with E-state index in [4.69, 9.17) is 9.84 Å². The van der Waals surface area contributed by atoms with Crippen molar-refractivity contribution >= 4 is 5.97 Å². The van der Waals surface area contributed by atoms with Gasteiger partial charge in [0.05, 0.1) is 0 Å². The smallest absolute Gasteiger partial charge is 0.303 e. The molecule has 20 heavy (non-hydrogen) atoms. The van der Waals surface area contributed by atoms with Crippen LogP contribution in [0, 0.1) is 0 Å². The standard InChI is InChI=1S/C17H18O3/c18-17(19)12-10-14-7-4-8-16(11-9-14)20-13-15-5-2-1-3-6-15/h1-3,5-9,11H,4,10,12-13H2,(H,18,19). The fourth-order valence-electron chi connectivity index (χ4n) is 1.94. The summed E-state index contributed by atoms with van der Waals surface area (Å²) < 4.78 is 5.75.